The summed E-state index contributed by atoms with van der Waals surface area (Å²) in [6.45, 7) is 3.24. The molecule has 2 rings (SSSR count). The fourth-order valence-electron chi connectivity index (χ4n) is 4.74. The summed E-state index contributed by atoms with van der Waals surface area (Å²) >= 11 is 1.31. The van der Waals surface area contributed by atoms with Crippen LogP contribution in [0.25, 0.3) is 0 Å². The first-order valence-electron chi connectivity index (χ1n) is 15.6. The number of unbranched alkanes of at least 4 members (excludes halogenated alkanes) is 16. The predicted molar refractivity (Wildman–Crippen MR) is 164 cm³/mol. The topological polar surface area (TPSA) is 52.6 Å². The van der Waals surface area contributed by atoms with Gasteiger partial charge in [-0.05, 0) is 24.1 Å². The molecule has 5 heteroatoms. The zero-order chi connectivity index (χ0) is 27.8. The van der Waals surface area contributed by atoms with Crippen molar-refractivity contribution in [2.24, 2.45) is 0 Å². The lowest BCUT2D eigenvalue weighted by Gasteiger charge is -2.05. The summed E-state index contributed by atoms with van der Waals surface area (Å²) in [5.74, 6) is -0.687. The SMILES string of the molecule is CCCCCCCCCCCCCCCCCCCOc1ccc(C(=O)CC(=O)OCCc2ccccc2)s1. The monoisotopic (exact) mass is 556 g/mol. The zero-order valence-corrected chi connectivity index (χ0v) is 25.2. The van der Waals surface area contributed by atoms with Crippen LogP contribution in [0.1, 0.15) is 138 Å². The molecule has 0 aliphatic carbocycles. The van der Waals surface area contributed by atoms with Gasteiger partial charge in [-0.1, -0.05) is 151 Å². The Labute approximate surface area is 241 Å². The molecule has 39 heavy (non-hydrogen) atoms. The summed E-state index contributed by atoms with van der Waals surface area (Å²) in [6.07, 6.45) is 23.5. The lowest BCUT2D eigenvalue weighted by atomic mass is 10.0. The Morgan fingerprint density at radius 2 is 1.18 bits per heavy atom. The highest BCUT2D eigenvalue weighted by Gasteiger charge is 2.15. The van der Waals surface area contributed by atoms with Crippen molar-refractivity contribution in [1.82, 2.24) is 0 Å². The van der Waals surface area contributed by atoms with Crippen molar-refractivity contribution < 1.29 is 19.1 Å². The van der Waals surface area contributed by atoms with Gasteiger partial charge in [0.2, 0.25) is 0 Å². The second-order valence-electron chi connectivity index (χ2n) is 10.7. The van der Waals surface area contributed by atoms with E-state index in [9.17, 15) is 9.59 Å². The van der Waals surface area contributed by atoms with Gasteiger partial charge in [-0.25, -0.2) is 0 Å². The normalized spacial score (nSPS) is 11.0. The summed E-state index contributed by atoms with van der Waals surface area (Å²) in [5.41, 5.74) is 1.11. The van der Waals surface area contributed by atoms with Crippen LogP contribution in [0.3, 0.4) is 0 Å². The molecular formula is C34H52O4S. The maximum atomic E-state index is 12.4. The van der Waals surface area contributed by atoms with E-state index < -0.39 is 5.97 Å². The number of esters is 1. The summed E-state index contributed by atoms with van der Waals surface area (Å²) < 4.78 is 11.1. The number of hydrogen-bond acceptors (Lipinski definition) is 5. The Kier molecular flexibility index (Phi) is 19.2. The summed E-state index contributed by atoms with van der Waals surface area (Å²) in [7, 11) is 0. The molecule has 0 bridgehead atoms. The van der Waals surface area contributed by atoms with E-state index in [-0.39, 0.29) is 18.8 Å². The standard InChI is InChI=1S/C34H52O4S/c1-2-3-4-5-6-7-8-9-10-11-12-13-14-15-16-17-21-27-38-34-25-24-32(39-34)31(35)29-33(36)37-28-26-30-22-19-18-20-23-30/h18-20,22-25H,2-17,21,26-29H2,1H3. The molecule has 0 saturated heterocycles. The number of hydrogen-bond donors (Lipinski definition) is 0. The number of ketones is 1. The van der Waals surface area contributed by atoms with Crippen molar-refractivity contribution in [2.45, 2.75) is 129 Å². The summed E-state index contributed by atoms with van der Waals surface area (Å²) in [5, 5.41) is 0.743. The lowest BCUT2D eigenvalue weighted by Crippen LogP contribution is -2.12. The molecule has 0 atom stereocenters. The summed E-state index contributed by atoms with van der Waals surface area (Å²) in [4.78, 5) is 25.0. The van der Waals surface area contributed by atoms with Gasteiger partial charge in [0.15, 0.2) is 10.8 Å². The zero-order valence-electron chi connectivity index (χ0n) is 24.4. The minimum absolute atomic E-state index is 0.211. The van der Waals surface area contributed by atoms with E-state index >= 15 is 0 Å². The average molecular weight is 557 g/mol. The van der Waals surface area contributed by atoms with Crippen LogP contribution < -0.4 is 4.74 Å². The van der Waals surface area contributed by atoms with E-state index in [4.69, 9.17) is 9.47 Å². The third-order valence-corrected chi connectivity index (χ3v) is 8.19. The molecule has 1 aromatic carbocycles. The van der Waals surface area contributed by atoms with Gasteiger partial charge in [-0.3, -0.25) is 9.59 Å². The maximum absolute atomic E-state index is 12.4. The molecule has 0 saturated carbocycles. The third-order valence-electron chi connectivity index (χ3n) is 7.15. The number of carbonyl (C=O) groups is 2. The van der Waals surface area contributed by atoms with Gasteiger partial charge in [0.25, 0.3) is 0 Å². The van der Waals surface area contributed by atoms with Crippen molar-refractivity contribution >= 4 is 23.1 Å². The van der Waals surface area contributed by atoms with Crippen molar-refractivity contribution in [3.63, 3.8) is 0 Å². The van der Waals surface area contributed by atoms with Crippen LogP contribution in [0.4, 0.5) is 0 Å². The Morgan fingerprint density at radius 3 is 1.74 bits per heavy atom. The van der Waals surface area contributed by atoms with Crippen molar-refractivity contribution in [3.05, 3.63) is 52.9 Å². The van der Waals surface area contributed by atoms with E-state index in [1.165, 1.54) is 114 Å². The maximum Gasteiger partial charge on any atom is 0.313 e. The quantitative estimate of drug-likeness (QED) is 0.0528. The van der Waals surface area contributed by atoms with Crippen LogP contribution >= 0.6 is 11.3 Å². The molecule has 4 nitrogen and oxygen atoms in total. The van der Waals surface area contributed by atoms with Crippen LogP contribution in [-0.4, -0.2) is 25.0 Å². The number of Topliss-reactive ketones (excluding diaryl/α,β-unsaturated/α-hetero) is 1. The number of ether oxygens (including phenoxy) is 2. The highest BCUT2D eigenvalue weighted by atomic mass is 32.1. The molecular weight excluding hydrogens is 504 g/mol. The second-order valence-corrected chi connectivity index (χ2v) is 11.7. The van der Waals surface area contributed by atoms with E-state index in [2.05, 4.69) is 6.92 Å². The van der Waals surface area contributed by atoms with E-state index in [0.29, 0.717) is 17.9 Å². The van der Waals surface area contributed by atoms with Crippen LogP contribution in [0.2, 0.25) is 0 Å². The molecule has 0 amide bonds. The van der Waals surface area contributed by atoms with Gasteiger partial charge in [0, 0.05) is 6.42 Å². The number of benzene rings is 1. The minimum atomic E-state index is -0.477. The molecule has 0 aliphatic rings. The average Bonchev–Trinajstić information content (AvgIpc) is 3.42. The van der Waals surface area contributed by atoms with Crippen LogP contribution in [0.15, 0.2) is 42.5 Å². The molecule has 1 aromatic heterocycles. The number of carbonyl (C=O) groups excluding carboxylic acids is 2. The molecule has 0 N–H and O–H groups in total. The van der Waals surface area contributed by atoms with Gasteiger partial charge < -0.3 is 9.47 Å². The fourth-order valence-corrected chi connectivity index (χ4v) is 5.56. The van der Waals surface area contributed by atoms with Gasteiger partial charge >= 0.3 is 5.97 Å². The van der Waals surface area contributed by atoms with Gasteiger partial charge in [0.1, 0.15) is 6.42 Å². The first kappa shape index (κ1) is 33.1. The largest absolute Gasteiger partial charge is 0.484 e. The smallest absolute Gasteiger partial charge is 0.313 e. The van der Waals surface area contributed by atoms with Gasteiger partial charge in [-0.2, -0.15) is 0 Å². The van der Waals surface area contributed by atoms with E-state index in [1.54, 1.807) is 6.07 Å². The van der Waals surface area contributed by atoms with E-state index in [1.807, 2.05) is 36.4 Å². The molecule has 2 aromatic rings. The van der Waals surface area contributed by atoms with Crippen LogP contribution in [-0.2, 0) is 16.0 Å². The molecule has 0 unspecified atom stereocenters. The predicted octanol–water partition coefficient (Wildman–Crippen LogP) is 10.1. The Bertz CT molecular complexity index is 876. The molecule has 0 aliphatic heterocycles. The molecule has 218 valence electrons. The van der Waals surface area contributed by atoms with Crippen molar-refractivity contribution in [1.29, 1.82) is 0 Å². The van der Waals surface area contributed by atoms with Gasteiger partial charge in [0.05, 0.1) is 18.1 Å². The fraction of sp³-hybridized carbons (Fsp3) is 0.647. The van der Waals surface area contributed by atoms with Crippen LogP contribution in [0.5, 0.6) is 5.06 Å². The lowest BCUT2D eigenvalue weighted by molar-refractivity contribution is -0.142. The van der Waals surface area contributed by atoms with Crippen molar-refractivity contribution in [2.75, 3.05) is 13.2 Å². The Hall–Kier alpha value is -2.14. The van der Waals surface area contributed by atoms with Crippen LogP contribution in [0, 0.1) is 0 Å². The van der Waals surface area contributed by atoms with Gasteiger partial charge in [-0.15, -0.1) is 0 Å². The second kappa shape index (κ2) is 22.7. The van der Waals surface area contributed by atoms with Crippen molar-refractivity contribution in [3.8, 4) is 5.06 Å². The molecule has 0 fully saturated rings. The summed E-state index contributed by atoms with van der Waals surface area (Å²) in [6, 6.07) is 13.4. The number of rotatable bonds is 25. The van der Waals surface area contributed by atoms with E-state index in [0.717, 1.165) is 17.0 Å². The number of thiophene rings is 1. The molecule has 0 spiro atoms. The minimum Gasteiger partial charge on any atom is -0.484 e. The third kappa shape index (κ3) is 17.2. The highest BCUT2D eigenvalue weighted by molar-refractivity contribution is 7.15. The Morgan fingerprint density at radius 1 is 0.641 bits per heavy atom. The first-order valence-corrected chi connectivity index (χ1v) is 16.5. The Balaban J connectivity index is 1.38. The molecule has 1 heterocycles. The molecule has 0 radical (unpaired) electrons. The highest BCUT2D eigenvalue weighted by Crippen LogP contribution is 2.26. The first-order chi connectivity index (χ1) is 19.2.